The van der Waals surface area contributed by atoms with Crippen LogP contribution in [0.1, 0.15) is 16.3 Å². The monoisotopic (exact) mass is 367 g/mol. The summed E-state index contributed by atoms with van der Waals surface area (Å²) in [7, 11) is 1.58. The van der Waals surface area contributed by atoms with Gasteiger partial charge in [0.2, 0.25) is 5.95 Å². The summed E-state index contributed by atoms with van der Waals surface area (Å²) in [5.74, 6) is 1.02. The van der Waals surface area contributed by atoms with E-state index in [1.54, 1.807) is 42.7 Å². The van der Waals surface area contributed by atoms with E-state index in [0.717, 1.165) is 17.1 Å². The second-order valence-electron chi connectivity index (χ2n) is 5.54. The molecule has 2 N–H and O–H groups in total. The van der Waals surface area contributed by atoms with Crippen molar-refractivity contribution in [3.05, 3.63) is 56.3 Å². The number of aromatic amines is 1. The van der Waals surface area contributed by atoms with Gasteiger partial charge < -0.3 is 10.1 Å². The Kier molecular flexibility index (Phi) is 5.29. The van der Waals surface area contributed by atoms with Crippen LogP contribution in [-0.4, -0.2) is 28.6 Å². The van der Waals surface area contributed by atoms with Crippen LogP contribution in [0.2, 0.25) is 0 Å². The molecule has 1 aromatic carbocycles. The average molecular weight is 367 g/mol. The Balaban J connectivity index is 1.84. The first-order valence-electron chi connectivity index (χ1n) is 7.94. The second-order valence-corrected chi connectivity index (χ2v) is 6.48. The van der Waals surface area contributed by atoms with E-state index in [-0.39, 0.29) is 5.56 Å². The lowest BCUT2D eigenvalue weighted by Crippen LogP contribution is -2.18. The van der Waals surface area contributed by atoms with Gasteiger partial charge >= 0.3 is 0 Å². The molecule has 0 radical (unpaired) electrons. The van der Waals surface area contributed by atoms with Crippen molar-refractivity contribution < 1.29 is 4.74 Å². The molecular formula is C18H17N5O2S. The Bertz CT molecular complexity index is 1000. The summed E-state index contributed by atoms with van der Waals surface area (Å²) < 4.78 is 5.14. The summed E-state index contributed by atoms with van der Waals surface area (Å²) in [6.45, 7) is 2.53. The Labute approximate surface area is 154 Å². The largest absolute Gasteiger partial charge is 0.497 e. The summed E-state index contributed by atoms with van der Waals surface area (Å²) in [5.41, 5.74) is 1.52. The number of hydrogen-bond acceptors (Lipinski definition) is 7. The van der Waals surface area contributed by atoms with Gasteiger partial charge in [-0.25, -0.2) is 9.97 Å². The molecule has 0 saturated heterocycles. The predicted molar refractivity (Wildman–Crippen MR) is 101 cm³/mol. The summed E-state index contributed by atoms with van der Waals surface area (Å²) in [6, 6.07) is 8.99. The van der Waals surface area contributed by atoms with Crippen molar-refractivity contribution in [2.24, 2.45) is 0 Å². The van der Waals surface area contributed by atoms with Crippen LogP contribution in [-0.2, 0) is 6.42 Å². The predicted octanol–water partition coefficient (Wildman–Crippen LogP) is 2.74. The van der Waals surface area contributed by atoms with E-state index in [4.69, 9.17) is 4.74 Å². The second kappa shape index (κ2) is 7.80. The third kappa shape index (κ3) is 3.90. The summed E-state index contributed by atoms with van der Waals surface area (Å²) in [6.07, 6.45) is 0.722. The zero-order chi connectivity index (χ0) is 18.5. The van der Waals surface area contributed by atoms with Gasteiger partial charge in [-0.3, -0.25) is 9.78 Å². The first-order valence-corrected chi connectivity index (χ1v) is 8.82. The van der Waals surface area contributed by atoms with Crippen molar-refractivity contribution in [1.82, 2.24) is 15.0 Å². The van der Waals surface area contributed by atoms with E-state index in [2.05, 4.69) is 20.3 Å². The number of thiazole rings is 1. The molecule has 0 fully saturated rings. The van der Waals surface area contributed by atoms with Crippen molar-refractivity contribution in [2.75, 3.05) is 19.0 Å². The maximum Gasteiger partial charge on any atom is 0.270 e. The van der Waals surface area contributed by atoms with E-state index in [9.17, 15) is 10.1 Å². The number of nitrogens with zero attached hydrogens (tertiary/aromatic N) is 3. The highest BCUT2D eigenvalue weighted by molar-refractivity contribution is 7.09. The molecule has 0 aliphatic carbocycles. The molecule has 3 aromatic rings. The Morgan fingerprint density at radius 2 is 2.08 bits per heavy atom. The zero-order valence-electron chi connectivity index (χ0n) is 14.4. The number of benzene rings is 1. The SMILES string of the molecule is COc1ccc(-c2nc(NCCc3nc(C)cs3)[nH]c(=O)c2C#N)cc1. The molecule has 132 valence electrons. The molecule has 0 aliphatic heterocycles. The minimum absolute atomic E-state index is 0.0173. The van der Waals surface area contributed by atoms with Gasteiger partial charge in [0, 0.05) is 29.6 Å². The normalized spacial score (nSPS) is 10.3. The van der Waals surface area contributed by atoms with Crippen LogP contribution in [0, 0.1) is 18.3 Å². The molecule has 2 aromatic heterocycles. The fourth-order valence-electron chi connectivity index (χ4n) is 2.42. The number of nitriles is 1. The van der Waals surface area contributed by atoms with E-state index in [1.165, 1.54) is 0 Å². The lowest BCUT2D eigenvalue weighted by Gasteiger charge is -2.09. The minimum Gasteiger partial charge on any atom is -0.497 e. The fraction of sp³-hybridized carbons (Fsp3) is 0.222. The maximum atomic E-state index is 12.2. The van der Waals surface area contributed by atoms with Gasteiger partial charge in [-0.15, -0.1) is 11.3 Å². The molecular weight excluding hydrogens is 350 g/mol. The van der Waals surface area contributed by atoms with Crippen LogP contribution in [0.4, 0.5) is 5.95 Å². The van der Waals surface area contributed by atoms with Crippen molar-refractivity contribution in [3.63, 3.8) is 0 Å². The standard InChI is InChI=1S/C18H17N5O2S/c1-11-10-26-15(21-11)7-8-20-18-22-16(14(9-19)17(24)23-18)12-3-5-13(25-2)6-4-12/h3-6,10H,7-8H2,1-2H3,(H2,20,22,23,24). The quantitative estimate of drug-likeness (QED) is 0.694. The van der Waals surface area contributed by atoms with E-state index in [1.807, 2.05) is 18.4 Å². The molecule has 0 atom stereocenters. The molecule has 3 rings (SSSR count). The van der Waals surface area contributed by atoms with Crippen LogP contribution in [0.25, 0.3) is 11.3 Å². The van der Waals surface area contributed by atoms with Crippen LogP contribution in [0.5, 0.6) is 5.75 Å². The van der Waals surface area contributed by atoms with E-state index >= 15 is 0 Å². The Morgan fingerprint density at radius 1 is 1.31 bits per heavy atom. The highest BCUT2D eigenvalue weighted by atomic mass is 32.1. The minimum atomic E-state index is -0.471. The van der Waals surface area contributed by atoms with Gasteiger partial charge in [-0.2, -0.15) is 5.26 Å². The average Bonchev–Trinajstić information content (AvgIpc) is 3.06. The van der Waals surface area contributed by atoms with E-state index in [0.29, 0.717) is 29.5 Å². The first-order chi connectivity index (χ1) is 12.6. The third-order valence-electron chi connectivity index (χ3n) is 3.69. The van der Waals surface area contributed by atoms with Crippen LogP contribution in [0.3, 0.4) is 0 Å². The number of aromatic nitrogens is 3. The molecule has 0 bridgehead atoms. The van der Waals surface area contributed by atoms with Gasteiger partial charge in [0.15, 0.2) is 0 Å². The number of ether oxygens (including phenoxy) is 1. The van der Waals surface area contributed by atoms with Gasteiger partial charge in [0.1, 0.15) is 17.4 Å². The van der Waals surface area contributed by atoms with Crippen molar-refractivity contribution in [1.29, 1.82) is 5.26 Å². The zero-order valence-corrected chi connectivity index (χ0v) is 15.2. The van der Waals surface area contributed by atoms with Crippen molar-refractivity contribution in [3.8, 4) is 23.1 Å². The summed E-state index contributed by atoms with van der Waals surface area (Å²) in [5, 5.41) is 15.4. The lowest BCUT2D eigenvalue weighted by atomic mass is 10.1. The number of H-pyrrole nitrogens is 1. The third-order valence-corrected chi connectivity index (χ3v) is 4.72. The van der Waals surface area contributed by atoms with Gasteiger partial charge in [-0.05, 0) is 31.2 Å². The number of rotatable bonds is 6. The number of anilines is 1. The first kappa shape index (κ1) is 17.6. The van der Waals surface area contributed by atoms with Crippen molar-refractivity contribution >= 4 is 17.3 Å². The van der Waals surface area contributed by atoms with Crippen LogP contribution in [0.15, 0.2) is 34.4 Å². The fourth-order valence-corrected chi connectivity index (χ4v) is 3.20. The molecule has 0 aliphatic rings. The molecule has 8 heteroatoms. The topological polar surface area (TPSA) is 104 Å². The highest BCUT2D eigenvalue weighted by Crippen LogP contribution is 2.23. The molecule has 0 spiro atoms. The molecule has 0 amide bonds. The summed E-state index contributed by atoms with van der Waals surface area (Å²) in [4.78, 5) is 23.7. The number of aryl methyl sites for hydroxylation is 1. The smallest absolute Gasteiger partial charge is 0.270 e. The lowest BCUT2D eigenvalue weighted by molar-refractivity contribution is 0.415. The van der Waals surface area contributed by atoms with Crippen LogP contribution >= 0.6 is 11.3 Å². The van der Waals surface area contributed by atoms with Gasteiger partial charge in [-0.1, -0.05) is 0 Å². The molecule has 0 saturated carbocycles. The Morgan fingerprint density at radius 3 is 2.69 bits per heavy atom. The molecule has 0 unspecified atom stereocenters. The van der Waals surface area contributed by atoms with E-state index < -0.39 is 5.56 Å². The van der Waals surface area contributed by atoms with Crippen molar-refractivity contribution in [2.45, 2.75) is 13.3 Å². The Hall–Kier alpha value is -3.18. The summed E-state index contributed by atoms with van der Waals surface area (Å²) >= 11 is 1.60. The number of hydrogen-bond donors (Lipinski definition) is 2. The maximum absolute atomic E-state index is 12.2. The molecule has 2 heterocycles. The highest BCUT2D eigenvalue weighted by Gasteiger charge is 2.13. The van der Waals surface area contributed by atoms with Gasteiger partial charge in [0.05, 0.1) is 17.8 Å². The van der Waals surface area contributed by atoms with Gasteiger partial charge in [0.25, 0.3) is 5.56 Å². The number of methoxy groups -OCH3 is 1. The molecule has 7 nitrogen and oxygen atoms in total. The molecule has 26 heavy (non-hydrogen) atoms. The van der Waals surface area contributed by atoms with Crippen LogP contribution < -0.4 is 15.6 Å². The number of nitrogens with one attached hydrogen (secondary N) is 2.